The van der Waals surface area contributed by atoms with Gasteiger partial charge in [0.2, 0.25) is 0 Å². The topological polar surface area (TPSA) is 106 Å². The Kier molecular flexibility index (Phi) is 5.04. The number of anilines is 2. The minimum absolute atomic E-state index is 0.0923. The molecule has 0 atom stereocenters. The molecule has 4 aromatic rings. The highest BCUT2D eigenvalue weighted by atomic mass is 16.2. The summed E-state index contributed by atoms with van der Waals surface area (Å²) in [7, 11) is 0. The lowest BCUT2D eigenvalue weighted by molar-refractivity contribution is 0.101. The quantitative estimate of drug-likeness (QED) is 0.510. The van der Waals surface area contributed by atoms with Crippen molar-refractivity contribution in [2.24, 2.45) is 0 Å². The second kappa shape index (κ2) is 7.96. The molecule has 0 radical (unpaired) electrons. The number of fused-ring (bicyclic) bond motifs is 1. The van der Waals surface area contributed by atoms with Crippen molar-refractivity contribution in [3.8, 4) is 5.82 Å². The number of rotatable bonds is 4. The van der Waals surface area contributed by atoms with E-state index in [0.29, 0.717) is 33.7 Å². The van der Waals surface area contributed by atoms with E-state index in [1.54, 1.807) is 66.9 Å². The standard InChI is InChI=1S/C22H17N5O3/c1-14(28)15-5-4-6-16(11-15)25-22(30)26-17-8-9-19-18(12-17)21(29)27(13-24-19)20-7-2-3-10-23-20/h2-13H,1H3,(H2,25,26,30). The number of ketones is 1. The van der Waals surface area contributed by atoms with Crippen LogP contribution in [0.4, 0.5) is 16.2 Å². The largest absolute Gasteiger partial charge is 0.323 e. The Morgan fingerprint density at radius 1 is 0.900 bits per heavy atom. The van der Waals surface area contributed by atoms with Gasteiger partial charge in [0.15, 0.2) is 5.78 Å². The molecular weight excluding hydrogens is 382 g/mol. The van der Waals surface area contributed by atoms with Crippen LogP contribution in [-0.4, -0.2) is 26.3 Å². The SMILES string of the molecule is CC(=O)c1cccc(NC(=O)Nc2ccc3ncn(-c4ccccn4)c(=O)c3c2)c1. The van der Waals surface area contributed by atoms with Crippen LogP contribution in [0.2, 0.25) is 0 Å². The van der Waals surface area contributed by atoms with Gasteiger partial charge in [0.05, 0.1) is 10.9 Å². The van der Waals surface area contributed by atoms with E-state index in [-0.39, 0.29) is 11.3 Å². The number of carbonyl (C=O) groups is 2. The Morgan fingerprint density at radius 2 is 1.70 bits per heavy atom. The summed E-state index contributed by atoms with van der Waals surface area (Å²) < 4.78 is 1.35. The number of pyridine rings is 1. The minimum atomic E-state index is -0.496. The maximum atomic E-state index is 12.9. The Labute approximate surface area is 171 Å². The second-order valence-corrected chi connectivity index (χ2v) is 6.56. The number of urea groups is 1. The number of hydrogen-bond donors (Lipinski definition) is 2. The molecule has 30 heavy (non-hydrogen) atoms. The van der Waals surface area contributed by atoms with Gasteiger partial charge in [0.1, 0.15) is 12.1 Å². The highest BCUT2D eigenvalue weighted by molar-refractivity contribution is 6.02. The van der Waals surface area contributed by atoms with Gasteiger partial charge >= 0.3 is 6.03 Å². The average molecular weight is 399 g/mol. The third-order valence-electron chi connectivity index (χ3n) is 4.44. The lowest BCUT2D eigenvalue weighted by atomic mass is 10.1. The predicted octanol–water partition coefficient (Wildman–Crippen LogP) is 3.63. The zero-order chi connectivity index (χ0) is 21.1. The maximum absolute atomic E-state index is 12.9. The van der Waals surface area contributed by atoms with Crippen molar-refractivity contribution in [3.05, 3.63) is 89.1 Å². The highest BCUT2D eigenvalue weighted by Crippen LogP contribution is 2.16. The first-order valence-electron chi connectivity index (χ1n) is 9.13. The molecule has 0 unspecified atom stereocenters. The number of benzene rings is 2. The molecule has 0 bridgehead atoms. The number of amides is 2. The van der Waals surface area contributed by atoms with Crippen LogP contribution in [0.15, 0.2) is 78.0 Å². The molecular formula is C22H17N5O3. The van der Waals surface area contributed by atoms with Gasteiger partial charge in [0, 0.05) is 23.1 Å². The molecule has 0 spiro atoms. The number of nitrogens with one attached hydrogen (secondary N) is 2. The molecule has 0 saturated carbocycles. The molecule has 2 aromatic heterocycles. The van der Waals surface area contributed by atoms with Crippen molar-refractivity contribution in [1.82, 2.24) is 14.5 Å². The van der Waals surface area contributed by atoms with Gasteiger partial charge in [-0.25, -0.2) is 14.8 Å². The fourth-order valence-electron chi connectivity index (χ4n) is 2.97. The van der Waals surface area contributed by atoms with Gasteiger partial charge in [-0.2, -0.15) is 0 Å². The van der Waals surface area contributed by atoms with Gasteiger partial charge in [-0.05, 0) is 49.4 Å². The number of aromatic nitrogens is 3. The average Bonchev–Trinajstić information content (AvgIpc) is 2.75. The van der Waals surface area contributed by atoms with E-state index in [2.05, 4.69) is 20.6 Å². The molecule has 4 rings (SSSR count). The van der Waals surface area contributed by atoms with Gasteiger partial charge in [-0.15, -0.1) is 0 Å². The van der Waals surface area contributed by atoms with Crippen LogP contribution in [0, 0.1) is 0 Å². The molecule has 2 N–H and O–H groups in total. The van der Waals surface area contributed by atoms with Gasteiger partial charge in [-0.1, -0.05) is 18.2 Å². The van der Waals surface area contributed by atoms with Crippen molar-refractivity contribution in [1.29, 1.82) is 0 Å². The van der Waals surface area contributed by atoms with Crippen molar-refractivity contribution < 1.29 is 9.59 Å². The molecule has 2 aromatic carbocycles. The zero-order valence-electron chi connectivity index (χ0n) is 16.0. The van der Waals surface area contributed by atoms with E-state index in [1.807, 2.05) is 0 Å². The summed E-state index contributed by atoms with van der Waals surface area (Å²) in [6.07, 6.45) is 3.02. The Balaban J connectivity index is 1.59. The minimum Gasteiger partial charge on any atom is -0.308 e. The first-order chi connectivity index (χ1) is 14.5. The van der Waals surface area contributed by atoms with Crippen molar-refractivity contribution >= 4 is 34.1 Å². The first kappa shape index (κ1) is 19.0. The van der Waals surface area contributed by atoms with E-state index in [1.165, 1.54) is 17.8 Å². The Morgan fingerprint density at radius 3 is 2.43 bits per heavy atom. The molecule has 0 aliphatic rings. The maximum Gasteiger partial charge on any atom is 0.323 e. The fourth-order valence-corrected chi connectivity index (χ4v) is 2.97. The highest BCUT2D eigenvalue weighted by Gasteiger charge is 2.10. The summed E-state index contributed by atoms with van der Waals surface area (Å²) in [5, 5.41) is 5.71. The van der Waals surface area contributed by atoms with Gasteiger partial charge in [0.25, 0.3) is 5.56 Å². The summed E-state index contributed by atoms with van der Waals surface area (Å²) in [6, 6.07) is 16.3. The molecule has 148 valence electrons. The van der Waals surface area contributed by atoms with E-state index >= 15 is 0 Å². The normalized spacial score (nSPS) is 10.6. The Bertz CT molecular complexity index is 1320. The molecule has 2 heterocycles. The van der Waals surface area contributed by atoms with Crippen LogP contribution in [-0.2, 0) is 0 Å². The molecule has 0 fully saturated rings. The lowest BCUT2D eigenvalue weighted by Crippen LogP contribution is -2.21. The van der Waals surface area contributed by atoms with Crippen LogP contribution < -0.4 is 16.2 Å². The predicted molar refractivity (Wildman–Crippen MR) is 114 cm³/mol. The third-order valence-corrected chi connectivity index (χ3v) is 4.44. The van der Waals surface area contributed by atoms with Gasteiger partial charge in [-0.3, -0.25) is 14.2 Å². The number of carbonyl (C=O) groups excluding carboxylic acids is 2. The first-order valence-corrected chi connectivity index (χ1v) is 9.13. The number of nitrogens with zero attached hydrogens (tertiary/aromatic N) is 3. The van der Waals surface area contributed by atoms with Crippen LogP contribution >= 0.6 is 0 Å². The van der Waals surface area contributed by atoms with Crippen LogP contribution in [0.5, 0.6) is 0 Å². The monoisotopic (exact) mass is 399 g/mol. The van der Waals surface area contributed by atoms with E-state index in [0.717, 1.165) is 0 Å². The summed E-state index contributed by atoms with van der Waals surface area (Å²) >= 11 is 0. The van der Waals surface area contributed by atoms with Gasteiger partial charge < -0.3 is 10.6 Å². The smallest absolute Gasteiger partial charge is 0.308 e. The summed E-state index contributed by atoms with van der Waals surface area (Å²) in [4.78, 5) is 45.2. The summed E-state index contributed by atoms with van der Waals surface area (Å²) in [6.45, 7) is 1.46. The molecule has 0 saturated heterocycles. The molecule has 8 nitrogen and oxygen atoms in total. The molecule has 0 aliphatic heterocycles. The van der Waals surface area contributed by atoms with E-state index in [4.69, 9.17) is 0 Å². The Hall–Kier alpha value is -4.33. The molecule has 8 heteroatoms. The number of hydrogen-bond acceptors (Lipinski definition) is 5. The van der Waals surface area contributed by atoms with Crippen molar-refractivity contribution in [2.45, 2.75) is 6.92 Å². The van der Waals surface area contributed by atoms with Crippen molar-refractivity contribution in [2.75, 3.05) is 10.6 Å². The lowest BCUT2D eigenvalue weighted by Gasteiger charge is -2.10. The van der Waals surface area contributed by atoms with E-state index < -0.39 is 6.03 Å². The zero-order valence-corrected chi connectivity index (χ0v) is 16.0. The van der Waals surface area contributed by atoms with Crippen LogP contribution in [0.25, 0.3) is 16.7 Å². The summed E-state index contributed by atoms with van der Waals surface area (Å²) in [5.41, 5.74) is 1.63. The van der Waals surface area contributed by atoms with E-state index in [9.17, 15) is 14.4 Å². The fraction of sp³-hybridized carbons (Fsp3) is 0.0455. The number of Topliss-reactive ketones (excluding diaryl/α,β-unsaturated/α-hetero) is 1. The molecule has 0 aliphatic carbocycles. The van der Waals surface area contributed by atoms with Crippen LogP contribution in [0.3, 0.4) is 0 Å². The third kappa shape index (κ3) is 3.93. The molecule has 2 amide bonds. The van der Waals surface area contributed by atoms with Crippen LogP contribution in [0.1, 0.15) is 17.3 Å². The van der Waals surface area contributed by atoms with Crippen molar-refractivity contribution in [3.63, 3.8) is 0 Å². The summed E-state index contributed by atoms with van der Waals surface area (Å²) in [5.74, 6) is 0.364. The second-order valence-electron chi connectivity index (χ2n) is 6.56.